The molecule has 0 aromatic heterocycles. The minimum Gasteiger partial charge on any atom is -0.113 e. The maximum Gasteiger partial charge on any atom is 0.0854 e. The van der Waals surface area contributed by atoms with Gasteiger partial charge in [0.15, 0.2) is 0 Å². The third-order valence-corrected chi connectivity index (χ3v) is 5.60. The Morgan fingerprint density at radius 2 is 1.81 bits per heavy atom. The van der Waals surface area contributed by atoms with E-state index in [1.807, 2.05) is 6.07 Å². The summed E-state index contributed by atoms with van der Waals surface area (Å²) in [6, 6.07) is 19.0. The van der Waals surface area contributed by atoms with Gasteiger partial charge in [-0.3, -0.25) is 0 Å². The van der Waals surface area contributed by atoms with Crippen LogP contribution in [-0.4, -0.2) is 0 Å². The lowest BCUT2D eigenvalue weighted by atomic mass is 9.94. The summed E-state index contributed by atoms with van der Waals surface area (Å²) in [6.07, 6.45) is 0. The standard InChI is InChI=1S/C18H13BrClI/c1-11-6-7-12-4-2-3-5-14(12)17(11)18(20)15-10-13(19)8-9-16(15)21/h2-10,18H,1H3. The number of alkyl halides is 1. The quantitative estimate of drug-likeness (QED) is 0.283. The van der Waals surface area contributed by atoms with Gasteiger partial charge in [0.25, 0.3) is 0 Å². The van der Waals surface area contributed by atoms with E-state index in [0.29, 0.717) is 0 Å². The fourth-order valence-electron chi connectivity index (χ4n) is 2.61. The van der Waals surface area contributed by atoms with Crippen LogP contribution in [0.3, 0.4) is 0 Å². The van der Waals surface area contributed by atoms with E-state index in [2.05, 4.69) is 94.0 Å². The smallest absolute Gasteiger partial charge is 0.0854 e. The Balaban J connectivity index is 2.24. The van der Waals surface area contributed by atoms with Crippen LogP contribution in [0.25, 0.3) is 10.8 Å². The molecule has 0 aliphatic carbocycles. The maximum absolute atomic E-state index is 6.87. The van der Waals surface area contributed by atoms with Crippen LogP contribution in [0.2, 0.25) is 0 Å². The van der Waals surface area contributed by atoms with Crippen LogP contribution < -0.4 is 0 Å². The molecular weight excluding hydrogens is 458 g/mol. The van der Waals surface area contributed by atoms with E-state index in [-0.39, 0.29) is 5.38 Å². The fraction of sp³-hybridized carbons (Fsp3) is 0.111. The Bertz CT molecular complexity index is 813. The van der Waals surface area contributed by atoms with Crippen LogP contribution in [-0.2, 0) is 0 Å². The summed E-state index contributed by atoms with van der Waals surface area (Å²) in [5.74, 6) is 0. The Hall–Kier alpha value is -0.580. The average Bonchev–Trinajstić information content (AvgIpc) is 2.49. The Morgan fingerprint density at radius 3 is 2.62 bits per heavy atom. The minimum absolute atomic E-state index is 0.152. The Labute approximate surface area is 151 Å². The lowest BCUT2D eigenvalue weighted by molar-refractivity contribution is 1.11. The van der Waals surface area contributed by atoms with Crippen molar-refractivity contribution in [2.24, 2.45) is 0 Å². The molecule has 0 saturated carbocycles. The summed E-state index contributed by atoms with van der Waals surface area (Å²) in [5.41, 5.74) is 3.57. The predicted octanol–water partition coefficient (Wildman–Crippen LogP) is 6.84. The van der Waals surface area contributed by atoms with Crippen LogP contribution in [0, 0.1) is 10.5 Å². The second-order valence-electron chi connectivity index (χ2n) is 5.05. The van der Waals surface area contributed by atoms with Crippen molar-refractivity contribution in [2.75, 3.05) is 0 Å². The van der Waals surface area contributed by atoms with Crippen molar-refractivity contribution in [1.29, 1.82) is 0 Å². The van der Waals surface area contributed by atoms with E-state index in [9.17, 15) is 0 Å². The van der Waals surface area contributed by atoms with Gasteiger partial charge in [-0.2, -0.15) is 0 Å². The zero-order valence-electron chi connectivity index (χ0n) is 11.4. The van der Waals surface area contributed by atoms with Gasteiger partial charge >= 0.3 is 0 Å². The molecule has 0 heterocycles. The van der Waals surface area contributed by atoms with Gasteiger partial charge < -0.3 is 0 Å². The number of hydrogen-bond donors (Lipinski definition) is 0. The maximum atomic E-state index is 6.87. The normalized spacial score (nSPS) is 12.6. The van der Waals surface area contributed by atoms with Crippen molar-refractivity contribution in [1.82, 2.24) is 0 Å². The van der Waals surface area contributed by atoms with Crippen molar-refractivity contribution in [3.8, 4) is 0 Å². The van der Waals surface area contributed by atoms with E-state index in [1.54, 1.807) is 0 Å². The molecule has 3 rings (SSSR count). The van der Waals surface area contributed by atoms with Gasteiger partial charge in [0, 0.05) is 8.04 Å². The first-order valence-electron chi connectivity index (χ1n) is 6.65. The van der Waals surface area contributed by atoms with E-state index >= 15 is 0 Å². The van der Waals surface area contributed by atoms with Crippen molar-refractivity contribution in [3.63, 3.8) is 0 Å². The van der Waals surface area contributed by atoms with Crippen LogP contribution in [0.4, 0.5) is 0 Å². The number of rotatable bonds is 2. The summed E-state index contributed by atoms with van der Waals surface area (Å²) >= 11 is 12.8. The zero-order valence-corrected chi connectivity index (χ0v) is 15.9. The van der Waals surface area contributed by atoms with Gasteiger partial charge in [-0.1, -0.05) is 52.3 Å². The Morgan fingerprint density at radius 1 is 1.05 bits per heavy atom. The van der Waals surface area contributed by atoms with Crippen molar-refractivity contribution >= 4 is 60.9 Å². The van der Waals surface area contributed by atoms with E-state index in [1.165, 1.54) is 25.5 Å². The summed E-state index contributed by atoms with van der Waals surface area (Å²) in [6.45, 7) is 2.13. The van der Waals surface area contributed by atoms with Gasteiger partial charge in [0.05, 0.1) is 5.38 Å². The number of halogens is 3. The Kier molecular flexibility index (Phi) is 4.57. The summed E-state index contributed by atoms with van der Waals surface area (Å²) in [4.78, 5) is 0. The third kappa shape index (κ3) is 2.99. The SMILES string of the molecule is Cc1ccc2ccccc2c1C(Cl)c1cc(Br)ccc1I. The molecule has 106 valence electrons. The fourth-order valence-corrected chi connectivity index (χ4v) is 4.29. The molecular formula is C18H13BrClI. The number of fused-ring (bicyclic) bond motifs is 1. The third-order valence-electron chi connectivity index (χ3n) is 3.67. The number of hydrogen-bond acceptors (Lipinski definition) is 0. The van der Waals surface area contributed by atoms with Crippen molar-refractivity contribution in [2.45, 2.75) is 12.3 Å². The highest BCUT2D eigenvalue weighted by Gasteiger charge is 2.18. The zero-order chi connectivity index (χ0) is 15.0. The molecule has 0 bridgehead atoms. The molecule has 3 aromatic carbocycles. The first-order valence-corrected chi connectivity index (χ1v) is 8.96. The van der Waals surface area contributed by atoms with Gasteiger partial charge in [-0.05, 0) is 75.2 Å². The highest BCUT2D eigenvalue weighted by molar-refractivity contribution is 14.1. The first kappa shape index (κ1) is 15.3. The second-order valence-corrected chi connectivity index (χ2v) is 7.56. The van der Waals surface area contributed by atoms with Gasteiger partial charge in [0.2, 0.25) is 0 Å². The van der Waals surface area contributed by atoms with E-state index in [4.69, 9.17) is 11.6 Å². The molecule has 21 heavy (non-hydrogen) atoms. The predicted molar refractivity (Wildman–Crippen MR) is 103 cm³/mol. The molecule has 0 amide bonds. The minimum atomic E-state index is -0.152. The van der Waals surface area contributed by atoms with Crippen LogP contribution >= 0.6 is 50.1 Å². The molecule has 0 saturated heterocycles. The topological polar surface area (TPSA) is 0 Å². The van der Waals surface area contributed by atoms with Gasteiger partial charge in [-0.25, -0.2) is 0 Å². The second kappa shape index (κ2) is 6.27. The summed E-state index contributed by atoms with van der Waals surface area (Å²) in [5, 5.41) is 2.31. The van der Waals surface area contributed by atoms with Gasteiger partial charge in [-0.15, -0.1) is 11.6 Å². The summed E-state index contributed by atoms with van der Waals surface area (Å²) < 4.78 is 2.24. The van der Waals surface area contributed by atoms with Crippen LogP contribution in [0.1, 0.15) is 22.1 Å². The molecule has 0 aliphatic heterocycles. The molecule has 0 nitrogen and oxygen atoms in total. The molecule has 1 atom stereocenters. The monoisotopic (exact) mass is 470 g/mol. The first-order chi connectivity index (χ1) is 10.1. The van der Waals surface area contributed by atoms with Gasteiger partial charge in [0.1, 0.15) is 0 Å². The van der Waals surface area contributed by atoms with Crippen LogP contribution in [0.5, 0.6) is 0 Å². The molecule has 0 N–H and O–H groups in total. The molecule has 0 spiro atoms. The highest BCUT2D eigenvalue weighted by Crippen LogP contribution is 2.38. The molecule has 0 fully saturated rings. The van der Waals surface area contributed by atoms with Crippen LogP contribution in [0.15, 0.2) is 59.1 Å². The molecule has 0 radical (unpaired) electrons. The van der Waals surface area contributed by atoms with Crippen molar-refractivity contribution in [3.05, 3.63) is 79.3 Å². The van der Waals surface area contributed by atoms with E-state index < -0.39 is 0 Å². The lowest BCUT2D eigenvalue weighted by Crippen LogP contribution is -2.00. The largest absolute Gasteiger partial charge is 0.113 e. The summed E-state index contributed by atoms with van der Waals surface area (Å²) in [7, 11) is 0. The van der Waals surface area contributed by atoms with Crippen molar-refractivity contribution < 1.29 is 0 Å². The average molecular weight is 472 g/mol. The molecule has 3 heteroatoms. The van der Waals surface area contributed by atoms with E-state index in [0.717, 1.165) is 10.0 Å². The number of aryl methyl sites for hydroxylation is 1. The molecule has 3 aromatic rings. The molecule has 0 aliphatic rings. The lowest BCUT2D eigenvalue weighted by Gasteiger charge is -2.18. The molecule has 1 unspecified atom stereocenters. The highest BCUT2D eigenvalue weighted by atomic mass is 127. The number of benzene rings is 3.